The highest BCUT2D eigenvalue weighted by molar-refractivity contribution is 5.94. The average Bonchev–Trinajstić information content (AvgIpc) is 2.62. The quantitative estimate of drug-likeness (QED) is 0.928. The largest absolute Gasteiger partial charge is 0.497 e. The van der Waals surface area contributed by atoms with Crippen molar-refractivity contribution in [3.05, 3.63) is 60.2 Å². The number of methoxy groups -OCH3 is 1. The molecular weight excluding hydrogens is 276 g/mol. The van der Waals surface area contributed by atoms with E-state index in [1.807, 2.05) is 47.4 Å². The van der Waals surface area contributed by atoms with E-state index in [1.165, 1.54) is 10.6 Å². The summed E-state index contributed by atoms with van der Waals surface area (Å²) in [6.45, 7) is 3.44. The Morgan fingerprint density at radius 2 is 1.64 bits per heavy atom. The zero-order valence-corrected chi connectivity index (χ0v) is 12.8. The summed E-state index contributed by atoms with van der Waals surface area (Å²) in [5.41, 5.74) is 2.03. The van der Waals surface area contributed by atoms with Gasteiger partial charge in [0.2, 0.25) is 0 Å². The molecule has 22 heavy (non-hydrogen) atoms. The molecule has 0 spiro atoms. The molecule has 0 unspecified atom stereocenters. The number of quaternary nitrogens is 1. The van der Waals surface area contributed by atoms with Gasteiger partial charge in [0.1, 0.15) is 11.4 Å². The third kappa shape index (κ3) is 3.12. The lowest BCUT2D eigenvalue weighted by Crippen LogP contribution is -3.10. The molecule has 0 bridgehead atoms. The highest BCUT2D eigenvalue weighted by Crippen LogP contribution is 2.12. The fourth-order valence-corrected chi connectivity index (χ4v) is 2.86. The predicted octanol–water partition coefficient (Wildman–Crippen LogP) is 1.37. The maximum absolute atomic E-state index is 12.4. The van der Waals surface area contributed by atoms with E-state index in [1.54, 1.807) is 7.11 Å². The van der Waals surface area contributed by atoms with Crippen LogP contribution in [-0.2, 0) is 0 Å². The summed E-state index contributed by atoms with van der Waals surface area (Å²) < 4.78 is 5.19. The van der Waals surface area contributed by atoms with Gasteiger partial charge < -0.3 is 9.64 Å². The van der Waals surface area contributed by atoms with E-state index in [0.29, 0.717) is 0 Å². The van der Waals surface area contributed by atoms with Gasteiger partial charge in [0, 0.05) is 17.7 Å². The second kappa shape index (κ2) is 6.62. The van der Waals surface area contributed by atoms with Gasteiger partial charge in [0.25, 0.3) is 5.91 Å². The van der Waals surface area contributed by atoms with Crippen molar-refractivity contribution < 1.29 is 14.4 Å². The lowest BCUT2D eigenvalue weighted by Gasteiger charge is -2.32. The summed E-state index contributed by atoms with van der Waals surface area (Å²) in [5, 5.41) is 0. The lowest BCUT2D eigenvalue weighted by atomic mass is 10.1. The Bertz CT molecular complexity index is 617. The minimum Gasteiger partial charge on any atom is -0.497 e. The van der Waals surface area contributed by atoms with Crippen LogP contribution in [0.5, 0.6) is 5.75 Å². The Balaban J connectivity index is 1.61. The first kappa shape index (κ1) is 14.6. The van der Waals surface area contributed by atoms with E-state index in [-0.39, 0.29) is 5.91 Å². The standard InChI is InChI=1S/C18H20N2O2/c1-22-17-9-7-16(8-10-17)19-11-13-20(14-12-19)18(21)15-5-3-2-4-6-15/h2-10H,11-14H2,1H3/p+1. The molecule has 3 rings (SSSR count). The Morgan fingerprint density at radius 1 is 1.00 bits per heavy atom. The molecule has 1 amide bonds. The van der Waals surface area contributed by atoms with Gasteiger partial charge in [-0.1, -0.05) is 18.2 Å². The molecule has 1 aliphatic heterocycles. The van der Waals surface area contributed by atoms with E-state index in [2.05, 4.69) is 12.1 Å². The molecule has 0 radical (unpaired) electrons. The van der Waals surface area contributed by atoms with Gasteiger partial charge in [-0.3, -0.25) is 9.69 Å². The molecule has 0 aromatic heterocycles. The van der Waals surface area contributed by atoms with Crippen molar-refractivity contribution in [3.63, 3.8) is 0 Å². The molecule has 114 valence electrons. The molecule has 2 aromatic carbocycles. The number of hydrogen-bond acceptors (Lipinski definition) is 2. The normalized spacial score (nSPS) is 15.6. The molecule has 4 nitrogen and oxygen atoms in total. The van der Waals surface area contributed by atoms with Crippen molar-refractivity contribution in [1.29, 1.82) is 0 Å². The molecule has 1 heterocycles. The van der Waals surface area contributed by atoms with Gasteiger partial charge in [0.15, 0.2) is 0 Å². The lowest BCUT2D eigenvalue weighted by molar-refractivity contribution is -0.837. The van der Waals surface area contributed by atoms with Crippen LogP contribution in [0.1, 0.15) is 10.4 Å². The number of piperazine rings is 1. The van der Waals surface area contributed by atoms with Crippen molar-refractivity contribution in [2.75, 3.05) is 33.3 Å². The minimum atomic E-state index is 0.134. The Kier molecular flexibility index (Phi) is 4.39. The second-order valence-electron chi connectivity index (χ2n) is 5.49. The maximum atomic E-state index is 12.4. The molecule has 0 saturated carbocycles. The zero-order chi connectivity index (χ0) is 15.4. The summed E-state index contributed by atoms with van der Waals surface area (Å²) in [7, 11) is 1.68. The van der Waals surface area contributed by atoms with E-state index in [4.69, 9.17) is 4.74 Å². The van der Waals surface area contributed by atoms with Crippen LogP contribution in [0.2, 0.25) is 0 Å². The molecule has 1 aliphatic rings. The number of ether oxygens (including phenoxy) is 1. The highest BCUT2D eigenvalue weighted by Gasteiger charge is 2.25. The highest BCUT2D eigenvalue weighted by atomic mass is 16.5. The topological polar surface area (TPSA) is 34.0 Å². The molecular formula is C18H21N2O2+. The summed E-state index contributed by atoms with van der Waals surface area (Å²) >= 11 is 0. The van der Waals surface area contributed by atoms with Gasteiger partial charge in [-0.05, 0) is 24.3 Å². The van der Waals surface area contributed by atoms with Crippen LogP contribution in [0.15, 0.2) is 54.6 Å². The predicted molar refractivity (Wildman–Crippen MR) is 85.7 cm³/mol. The second-order valence-corrected chi connectivity index (χ2v) is 5.49. The fraction of sp³-hybridized carbons (Fsp3) is 0.278. The van der Waals surface area contributed by atoms with Crippen LogP contribution in [0.25, 0.3) is 0 Å². The van der Waals surface area contributed by atoms with Crippen LogP contribution in [-0.4, -0.2) is 44.1 Å². The van der Waals surface area contributed by atoms with Crippen LogP contribution in [0, 0.1) is 0 Å². The monoisotopic (exact) mass is 297 g/mol. The minimum absolute atomic E-state index is 0.134. The number of carbonyl (C=O) groups excluding carboxylic acids is 1. The van der Waals surface area contributed by atoms with Crippen molar-refractivity contribution in [3.8, 4) is 5.75 Å². The van der Waals surface area contributed by atoms with Crippen LogP contribution in [0.4, 0.5) is 5.69 Å². The van der Waals surface area contributed by atoms with Gasteiger partial charge in [-0.2, -0.15) is 0 Å². The van der Waals surface area contributed by atoms with Crippen LogP contribution in [0.3, 0.4) is 0 Å². The van der Waals surface area contributed by atoms with Gasteiger partial charge in [-0.15, -0.1) is 0 Å². The van der Waals surface area contributed by atoms with Crippen molar-refractivity contribution in [2.24, 2.45) is 0 Å². The number of carbonyl (C=O) groups is 1. The molecule has 4 heteroatoms. The van der Waals surface area contributed by atoms with E-state index in [0.717, 1.165) is 37.5 Å². The molecule has 0 aliphatic carbocycles. The van der Waals surface area contributed by atoms with Crippen LogP contribution < -0.4 is 9.64 Å². The fourth-order valence-electron chi connectivity index (χ4n) is 2.86. The average molecular weight is 297 g/mol. The summed E-state index contributed by atoms with van der Waals surface area (Å²) in [6.07, 6.45) is 0. The number of hydrogen-bond donors (Lipinski definition) is 1. The molecule has 1 saturated heterocycles. The number of benzene rings is 2. The summed E-state index contributed by atoms with van der Waals surface area (Å²) in [6, 6.07) is 17.7. The zero-order valence-electron chi connectivity index (χ0n) is 12.8. The smallest absolute Gasteiger partial charge is 0.254 e. The molecule has 0 atom stereocenters. The Labute approximate surface area is 130 Å². The number of rotatable bonds is 3. The molecule has 1 fully saturated rings. The van der Waals surface area contributed by atoms with Crippen LogP contribution >= 0.6 is 0 Å². The first-order valence-corrected chi connectivity index (χ1v) is 7.61. The van der Waals surface area contributed by atoms with E-state index < -0.39 is 0 Å². The van der Waals surface area contributed by atoms with E-state index >= 15 is 0 Å². The third-order valence-corrected chi connectivity index (χ3v) is 4.17. The van der Waals surface area contributed by atoms with E-state index in [9.17, 15) is 4.79 Å². The van der Waals surface area contributed by atoms with Crippen molar-refractivity contribution in [2.45, 2.75) is 0 Å². The number of nitrogens with one attached hydrogen (secondary N) is 1. The van der Waals surface area contributed by atoms with Crippen molar-refractivity contribution >= 4 is 11.6 Å². The van der Waals surface area contributed by atoms with Gasteiger partial charge in [0.05, 0.1) is 33.3 Å². The third-order valence-electron chi connectivity index (χ3n) is 4.17. The first-order chi connectivity index (χ1) is 10.8. The molecule has 2 aromatic rings. The summed E-state index contributed by atoms with van der Waals surface area (Å²) in [5.74, 6) is 1.01. The first-order valence-electron chi connectivity index (χ1n) is 7.61. The summed E-state index contributed by atoms with van der Waals surface area (Å²) in [4.78, 5) is 15.8. The number of nitrogens with zero attached hydrogens (tertiary/aromatic N) is 1. The maximum Gasteiger partial charge on any atom is 0.254 e. The van der Waals surface area contributed by atoms with Gasteiger partial charge in [-0.25, -0.2) is 0 Å². The number of amides is 1. The van der Waals surface area contributed by atoms with Gasteiger partial charge >= 0.3 is 0 Å². The SMILES string of the molecule is COc1ccc([NH+]2CCN(C(=O)c3ccccc3)CC2)cc1. The van der Waals surface area contributed by atoms with Crippen molar-refractivity contribution in [1.82, 2.24) is 4.90 Å². The Morgan fingerprint density at radius 3 is 2.23 bits per heavy atom. The molecule has 1 N–H and O–H groups in total. The Hall–Kier alpha value is -2.33.